The summed E-state index contributed by atoms with van der Waals surface area (Å²) in [5.74, 6) is -0.0823. The standard InChI is InChI=1S/C24H31NO5/c1-17(2)23(26)25-22(24(27)29-4)15-19-9-11-21(12-10-19)30-14-13-18-5-7-20(8-6-18)16-28-3/h5-12,17,22H,13-16H2,1-4H3,(H,25,26). The van der Waals surface area contributed by atoms with E-state index in [4.69, 9.17) is 14.2 Å². The maximum Gasteiger partial charge on any atom is 0.328 e. The van der Waals surface area contributed by atoms with E-state index >= 15 is 0 Å². The minimum atomic E-state index is -0.710. The molecule has 2 aromatic carbocycles. The summed E-state index contributed by atoms with van der Waals surface area (Å²) in [7, 11) is 3.00. The van der Waals surface area contributed by atoms with Gasteiger partial charge in [-0.05, 0) is 28.8 Å². The maximum absolute atomic E-state index is 12.0. The SMILES string of the molecule is COCc1ccc(CCOc2ccc(CC(NC(=O)C(C)C)C(=O)OC)cc2)cc1. The summed E-state index contributed by atoms with van der Waals surface area (Å²) in [6, 6.07) is 15.1. The first kappa shape index (κ1) is 23.4. The quantitative estimate of drug-likeness (QED) is 0.572. The van der Waals surface area contributed by atoms with Crippen LogP contribution in [0, 0.1) is 5.92 Å². The van der Waals surface area contributed by atoms with Gasteiger partial charge < -0.3 is 19.5 Å². The fourth-order valence-corrected chi connectivity index (χ4v) is 2.89. The van der Waals surface area contributed by atoms with Crippen molar-refractivity contribution in [1.82, 2.24) is 5.32 Å². The molecule has 6 heteroatoms. The van der Waals surface area contributed by atoms with Crippen molar-refractivity contribution in [3.63, 3.8) is 0 Å². The molecule has 0 saturated carbocycles. The molecule has 2 aromatic rings. The highest BCUT2D eigenvalue weighted by atomic mass is 16.5. The number of rotatable bonds is 11. The third-order valence-electron chi connectivity index (χ3n) is 4.68. The largest absolute Gasteiger partial charge is 0.493 e. The van der Waals surface area contributed by atoms with Crippen LogP contribution in [0.5, 0.6) is 5.75 Å². The lowest BCUT2D eigenvalue weighted by Crippen LogP contribution is -2.44. The maximum atomic E-state index is 12.0. The minimum Gasteiger partial charge on any atom is -0.493 e. The lowest BCUT2D eigenvalue weighted by atomic mass is 10.0. The summed E-state index contributed by atoms with van der Waals surface area (Å²) >= 11 is 0. The van der Waals surface area contributed by atoms with Crippen LogP contribution in [-0.2, 0) is 38.5 Å². The van der Waals surface area contributed by atoms with Gasteiger partial charge in [0.15, 0.2) is 0 Å². The second kappa shape index (κ2) is 12.0. The van der Waals surface area contributed by atoms with Crippen molar-refractivity contribution in [2.75, 3.05) is 20.8 Å². The zero-order valence-corrected chi connectivity index (χ0v) is 18.1. The zero-order chi connectivity index (χ0) is 21.9. The third-order valence-corrected chi connectivity index (χ3v) is 4.68. The van der Waals surface area contributed by atoms with Crippen molar-refractivity contribution in [3.05, 3.63) is 65.2 Å². The molecular formula is C24H31NO5. The molecule has 0 spiro atoms. The van der Waals surface area contributed by atoms with E-state index in [1.165, 1.54) is 12.7 Å². The molecule has 0 fully saturated rings. The molecule has 0 saturated heterocycles. The van der Waals surface area contributed by atoms with Crippen LogP contribution in [0.15, 0.2) is 48.5 Å². The molecule has 30 heavy (non-hydrogen) atoms. The topological polar surface area (TPSA) is 73.9 Å². The van der Waals surface area contributed by atoms with E-state index in [-0.39, 0.29) is 11.8 Å². The average Bonchev–Trinajstić information content (AvgIpc) is 2.75. The van der Waals surface area contributed by atoms with Crippen molar-refractivity contribution in [1.29, 1.82) is 0 Å². The van der Waals surface area contributed by atoms with Gasteiger partial charge in [-0.2, -0.15) is 0 Å². The number of benzene rings is 2. The van der Waals surface area contributed by atoms with Crippen molar-refractivity contribution in [2.45, 2.75) is 39.3 Å². The van der Waals surface area contributed by atoms with Gasteiger partial charge in [0.1, 0.15) is 11.8 Å². The van der Waals surface area contributed by atoms with Crippen molar-refractivity contribution < 1.29 is 23.8 Å². The Morgan fingerprint density at radius 3 is 2.07 bits per heavy atom. The first-order chi connectivity index (χ1) is 14.4. The molecule has 2 rings (SSSR count). The van der Waals surface area contributed by atoms with Crippen LogP contribution in [0.3, 0.4) is 0 Å². The van der Waals surface area contributed by atoms with Gasteiger partial charge in [0.05, 0.1) is 20.3 Å². The monoisotopic (exact) mass is 413 g/mol. The van der Waals surface area contributed by atoms with Gasteiger partial charge in [0.2, 0.25) is 5.91 Å². The summed E-state index contributed by atoms with van der Waals surface area (Å²) in [5.41, 5.74) is 3.26. The fraction of sp³-hybridized carbons (Fsp3) is 0.417. The number of carbonyl (C=O) groups excluding carboxylic acids is 2. The number of hydrogen-bond acceptors (Lipinski definition) is 5. The Balaban J connectivity index is 1.87. The van der Waals surface area contributed by atoms with E-state index < -0.39 is 12.0 Å². The molecule has 0 bridgehead atoms. The number of methoxy groups -OCH3 is 2. The zero-order valence-electron chi connectivity index (χ0n) is 18.1. The summed E-state index contributed by atoms with van der Waals surface area (Å²) in [5, 5.41) is 2.74. The van der Waals surface area contributed by atoms with Crippen LogP contribution in [0.2, 0.25) is 0 Å². The smallest absolute Gasteiger partial charge is 0.328 e. The lowest BCUT2D eigenvalue weighted by molar-refractivity contribution is -0.145. The Kier molecular flexibility index (Phi) is 9.35. The van der Waals surface area contributed by atoms with Gasteiger partial charge in [-0.15, -0.1) is 0 Å². The van der Waals surface area contributed by atoms with Crippen molar-refractivity contribution >= 4 is 11.9 Å². The molecule has 1 atom stereocenters. The molecule has 6 nitrogen and oxygen atoms in total. The van der Waals surface area contributed by atoms with Crippen LogP contribution < -0.4 is 10.1 Å². The molecular weight excluding hydrogens is 382 g/mol. The molecule has 0 heterocycles. The van der Waals surface area contributed by atoms with Crippen LogP contribution in [0.25, 0.3) is 0 Å². The normalized spacial score (nSPS) is 11.8. The average molecular weight is 414 g/mol. The number of carbonyl (C=O) groups is 2. The van der Waals surface area contributed by atoms with Gasteiger partial charge in [0.25, 0.3) is 0 Å². The van der Waals surface area contributed by atoms with E-state index in [1.54, 1.807) is 21.0 Å². The summed E-state index contributed by atoms with van der Waals surface area (Å²) in [6.07, 6.45) is 1.17. The second-order valence-corrected chi connectivity index (χ2v) is 7.44. The van der Waals surface area contributed by atoms with Gasteiger partial charge in [0, 0.05) is 25.9 Å². The Morgan fingerprint density at radius 1 is 0.900 bits per heavy atom. The Hall–Kier alpha value is -2.86. The summed E-state index contributed by atoms with van der Waals surface area (Å²) in [6.45, 7) is 4.74. The van der Waals surface area contributed by atoms with Crippen LogP contribution in [0.1, 0.15) is 30.5 Å². The molecule has 0 aliphatic carbocycles. The molecule has 162 valence electrons. The summed E-state index contributed by atoms with van der Waals surface area (Å²) < 4.78 is 15.8. The fourth-order valence-electron chi connectivity index (χ4n) is 2.89. The Morgan fingerprint density at radius 2 is 1.50 bits per heavy atom. The molecule has 1 unspecified atom stereocenters. The minimum absolute atomic E-state index is 0.180. The molecule has 0 aliphatic heterocycles. The number of ether oxygens (including phenoxy) is 3. The number of esters is 1. The van der Waals surface area contributed by atoms with E-state index in [0.29, 0.717) is 19.6 Å². The molecule has 0 aromatic heterocycles. The van der Waals surface area contributed by atoms with Crippen LogP contribution >= 0.6 is 0 Å². The van der Waals surface area contributed by atoms with Gasteiger partial charge in [-0.1, -0.05) is 50.2 Å². The predicted octanol–water partition coefficient (Wildman–Crippen LogP) is 3.31. The van der Waals surface area contributed by atoms with Crippen LogP contribution in [-0.4, -0.2) is 38.7 Å². The number of hydrogen-bond donors (Lipinski definition) is 1. The van der Waals surface area contributed by atoms with Crippen molar-refractivity contribution in [3.8, 4) is 5.75 Å². The first-order valence-corrected chi connectivity index (χ1v) is 10.1. The van der Waals surface area contributed by atoms with E-state index in [9.17, 15) is 9.59 Å². The first-order valence-electron chi connectivity index (χ1n) is 10.1. The predicted molar refractivity (Wildman–Crippen MR) is 115 cm³/mol. The Bertz CT molecular complexity index is 799. The van der Waals surface area contributed by atoms with Gasteiger partial charge >= 0.3 is 5.97 Å². The summed E-state index contributed by atoms with van der Waals surface area (Å²) in [4.78, 5) is 24.0. The number of nitrogens with one attached hydrogen (secondary N) is 1. The lowest BCUT2D eigenvalue weighted by Gasteiger charge is -2.18. The molecule has 0 radical (unpaired) electrons. The molecule has 0 aliphatic rings. The highest BCUT2D eigenvalue weighted by molar-refractivity contribution is 5.85. The molecule has 1 N–H and O–H groups in total. The van der Waals surface area contributed by atoms with Gasteiger partial charge in [-0.25, -0.2) is 4.79 Å². The third kappa shape index (κ3) is 7.52. The number of amides is 1. The van der Waals surface area contributed by atoms with Gasteiger partial charge in [-0.3, -0.25) is 4.79 Å². The Labute approximate surface area is 178 Å². The van der Waals surface area contributed by atoms with Crippen molar-refractivity contribution in [2.24, 2.45) is 5.92 Å². The van der Waals surface area contributed by atoms with Crippen LogP contribution in [0.4, 0.5) is 0 Å². The van der Waals surface area contributed by atoms with E-state index in [1.807, 2.05) is 24.3 Å². The highest BCUT2D eigenvalue weighted by Crippen LogP contribution is 2.15. The molecule has 1 amide bonds. The van der Waals surface area contributed by atoms with E-state index in [0.717, 1.165) is 23.3 Å². The highest BCUT2D eigenvalue weighted by Gasteiger charge is 2.23. The second-order valence-electron chi connectivity index (χ2n) is 7.44. The van der Waals surface area contributed by atoms with E-state index in [2.05, 4.69) is 29.6 Å².